The third-order valence-electron chi connectivity index (χ3n) is 3.31. The Labute approximate surface area is 115 Å². The number of halogens is 2. The van der Waals surface area contributed by atoms with Crippen LogP contribution in [-0.2, 0) is 16.4 Å². The molecule has 0 bridgehead atoms. The Kier molecular flexibility index (Phi) is 2.97. The molecule has 0 aromatic heterocycles. The Hall–Kier alpha value is -1.95. The van der Waals surface area contributed by atoms with E-state index >= 15 is 0 Å². The molecule has 0 spiro atoms. The molecule has 0 amide bonds. The van der Waals surface area contributed by atoms with Crippen molar-refractivity contribution in [3.05, 3.63) is 59.7 Å². The van der Waals surface area contributed by atoms with Crippen molar-refractivity contribution in [1.29, 1.82) is 0 Å². The van der Waals surface area contributed by atoms with Crippen molar-refractivity contribution in [2.24, 2.45) is 0 Å². The highest BCUT2D eigenvalue weighted by atomic mass is 32.2. The van der Waals surface area contributed by atoms with Crippen molar-refractivity contribution in [3.63, 3.8) is 0 Å². The first-order valence-electron chi connectivity index (χ1n) is 6.06. The molecule has 0 saturated heterocycles. The van der Waals surface area contributed by atoms with Crippen molar-refractivity contribution >= 4 is 15.7 Å². The number of nitrogens with zero attached hydrogens (tertiary/aromatic N) is 1. The van der Waals surface area contributed by atoms with Gasteiger partial charge in [-0.3, -0.25) is 4.31 Å². The first-order valence-corrected chi connectivity index (χ1v) is 7.50. The van der Waals surface area contributed by atoms with Gasteiger partial charge in [0.2, 0.25) is 0 Å². The summed E-state index contributed by atoms with van der Waals surface area (Å²) in [6.07, 6.45) is 0.582. The molecule has 1 aliphatic rings. The van der Waals surface area contributed by atoms with Crippen LogP contribution in [0.1, 0.15) is 5.56 Å². The van der Waals surface area contributed by atoms with E-state index in [0.29, 0.717) is 18.2 Å². The lowest BCUT2D eigenvalue weighted by atomic mass is 10.2. The van der Waals surface area contributed by atoms with E-state index in [4.69, 9.17) is 0 Å². The topological polar surface area (TPSA) is 37.4 Å². The largest absolute Gasteiger partial charge is 0.267 e. The lowest BCUT2D eigenvalue weighted by Crippen LogP contribution is -2.29. The van der Waals surface area contributed by atoms with Crippen LogP contribution in [0.3, 0.4) is 0 Å². The molecule has 0 fully saturated rings. The quantitative estimate of drug-likeness (QED) is 0.854. The summed E-state index contributed by atoms with van der Waals surface area (Å²) in [5.41, 5.74) is 1.45. The minimum absolute atomic E-state index is 0.262. The van der Waals surface area contributed by atoms with Gasteiger partial charge < -0.3 is 0 Å². The third-order valence-corrected chi connectivity index (χ3v) is 5.15. The first kappa shape index (κ1) is 13.1. The molecular formula is C14H11F2NO2S. The van der Waals surface area contributed by atoms with Gasteiger partial charge in [-0.1, -0.05) is 18.2 Å². The van der Waals surface area contributed by atoms with Gasteiger partial charge in [0.1, 0.15) is 16.5 Å². The summed E-state index contributed by atoms with van der Waals surface area (Å²) in [4.78, 5) is -0.504. The van der Waals surface area contributed by atoms with Crippen LogP contribution in [0, 0.1) is 11.6 Å². The zero-order valence-corrected chi connectivity index (χ0v) is 11.2. The molecule has 1 aliphatic heterocycles. The Balaban J connectivity index is 2.10. The minimum Gasteiger partial charge on any atom is -0.266 e. The number of rotatable bonds is 2. The van der Waals surface area contributed by atoms with Crippen molar-refractivity contribution in [2.45, 2.75) is 11.3 Å². The summed E-state index contributed by atoms with van der Waals surface area (Å²) in [6.45, 7) is 0.262. The zero-order valence-electron chi connectivity index (χ0n) is 10.4. The highest BCUT2D eigenvalue weighted by Gasteiger charge is 2.32. The minimum atomic E-state index is -4.01. The van der Waals surface area contributed by atoms with Crippen LogP contribution in [-0.4, -0.2) is 15.0 Å². The van der Waals surface area contributed by atoms with E-state index < -0.39 is 26.6 Å². The van der Waals surface area contributed by atoms with E-state index in [1.54, 1.807) is 12.1 Å². The van der Waals surface area contributed by atoms with E-state index in [1.165, 1.54) is 4.31 Å². The maximum atomic E-state index is 13.7. The van der Waals surface area contributed by atoms with E-state index in [1.807, 2.05) is 12.1 Å². The van der Waals surface area contributed by atoms with E-state index in [-0.39, 0.29) is 6.54 Å². The molecule has 0 aliphatic carbocycles. The molecule has 2 aromatic carbocycles. The predicted molar refractivity (Wildman–Crippen MR) is 71.0 cm³/mol. The van der Waals surface area contributed by atoms with Crippen LogP contribution in [0.2, 0.25) is 0 Å². The van der Waals surface area contributed by atoms with E-state index in [2.05, 4.69) is 0 Å². The van der Waals surface area contributed by atoms with Crippen LogP contribution in [0.5, 0.6) is 0 Å². The van der Waals surface area contributed by atoms with Gasteiger partial charge in [-0.2, -0.15) is 0 Å². The average molecular weight is 295 g/mol. The molecule has 0 unspecified atom stereocenters. The monoisotopic (exact) mass is 295 g/mol. The van der Waals surface area contributed by atoms with Crippen molar-refractivity contribution in [2.75, 3.05) is 10.8 Å². The standard InChI is InChI=1S/C14H11F2NO2S/c15-11-5-6-14(12(16)9-11)20(18,19)17-8-7-10-3-1-2-4-13(10)17/h1-6,9H,7-8H2. The second-order valence-electron chi connectivity index (χ2n) is 4.53. The Morgan fingerprint density at radius 2 is 1.80 bits per heavy atom. The molecule has 0 radical (unpaired) electrons. The van der Waals surface area contributed by atoms with Gasteiger partial charge in [-0.05, 0) is 30.2 Å². The number of para-hydroxylation sites is 1. The Morgan fingerprint density at radius 3 is 2.55 bits per heavy atom. The third kappa shape index (κ3) is 1.96. The van der Waals surface area contributed by atoms with Gasteiger partial charge in [-0.25, -0.2) is 17.2 Å². The molecule has 0 N–H and O–H groups in total. The highest BCUT2D eigenvalue weighted by molar-refractivity contribution is 7.92. The van der Waals surface area contributed by atoms with E-state index in [0.717, 1.165) is 17.7 Å². The molecule has 6 heteroatoms. The molecule has 2 aromatic rings. The summed E-state index contributed by atoms with van der Waals surface area (Å²) >= 11 is 0. The number of benzene rings is 2. The fraction of sp³-hybridized carbons (Fsp3) is 0.143. The highest BCUT2D eigenvalue weighted by Crippen LogP contribution is 2.33. The molecule has 104 valence electrons. The van der Waals surface area contributed by atoms with Gasteiger partial charge in [0, 0.05) is 12.6 Å². The Morgan fingerprint density at radius 1 is 1.05 bits per heavy atom. The van der Waals surface area contributed by atoms with Crippen LogP contribution in [0.15, 0.2) is 47.4 Å². The van der Waals surface area contributed by atoms with Gasteiger partial charge in [0.15, 0.2) is 0 Å². The van der Waals surface area contributed by atoms with Crippen LogP contribution in [0.4, 0.5) is 14.5 Å². The number of hydrogen-bond acceptors (Lipinski definition) is 2. The molecule has 1 heterocycles. The predicted octanol–water partition coefficient (Wildman–Crippen LogP) is 2.72. The van der Waals surface area contributed by atoms with E-state index in [9.17, 15) is 17.2 Å². The SMILES string of the molecule is O=S(=O)(c1ccc(F)cc1F)N1CCc2ccccc21. The molecule has 3 nitrogen and oxygen atoms in total. The van der Waals surface area contributed by atoms with Crippen molar-refractivity contribution < 1.29 is 17.2 Å². The lowest BCUT2D eigenvalue weighted by Gasteiger charge is -2.19. The number of hydrogen-bond donors (Lipinski definition) is 0. The number of fused-ring (bicyclic) bond motifs is 1. The maximum absolute atomic E-state index is 13.7. The maximum Gasteiger partial charge on any atom is 0.267 e. The average Bonchev–Trinajstić information content (AvgIpc) is 2.82. The van der Waals surface area contributed by atoms with Gasteiger partial charge in [0.25, 0.3) is 10.0 Å². The molecular weight excluding hydrogens is 284 g/mol. The fourth-order valence-electron chi connectivity index (χ4n) is 2.36. The summed E-state index contributed by atoms with van der Waals surface area (Å²) in [5.74, 6) is -1.88. The molecule has 0 saturated carbocycles. The molecule has 0 atom stereocenters. The van der Waals surface area contributed by atoms with Crippen molar-refractivity contribution in [1.82, 2.24) is 0 Å². The number of anilines is 1. The van der Waals surface area contributed by atoms with Crippen LogP contribution < -0.4 is 4.31 Å². The normalized spacial score (nSPS) is 14.4. The first-order chi connectivity index (χ1) is 9.50. The molecule has 3 rings (SSSR count). The molecule has 20 heavy (non-hydrogen) atoms. The lowest BCUT2D eigenvalue weighted by molar-refractivity contribution is 0.547. The second kappa shape index (κ2) is 4.56. The summed E-state index contributed by atoms with van der Waals surface area (Å²) in [6, 6.07) is 9.56. The summed E-state index contributed by atoms with van der Waals surface area (Å²) in [7, 11) is -4.01. The van der Waals surface area contributed by atoms with Crippen LogP contribution >= 0.6 is 0 Å². The summed E-state index contributed by atoms with van der Waals surface area (Å²) in [5, 5.41) is 0. The second-order valence-corrected chi connectivity index (χ2v) is 6.36. The van der Waals surface area contributed by atoms with Gasteiger partial charge >= 0.3 is 0 Å². The van der Waals surface area contributed by atoms with Crippen molar-refractivity contribution in [3.8, 4) is 0 Å². The van der Waals surface area contributed by atoms with Gasteiger partial charge in [-0.15, -0.1) is 0 Å². The smallest absolute Gasteiger partial charge is 0.266 e. The Bertz CT molecular complexity index is 774. The fourth-order valence-corrected chi connectivity index (χ4v) is 3.91. The number of sulfonamides is 1. The summed E-state index contributed by atoms with van der Waals surface area (Å²) < 4.78 is 52.8. The zero-order chi connectivity index (χ0) is 14.3. The van der Waals surface area contributed by atoms with Gasteiger partial charge in [0.05, 0.1) is 5.69 Å². The van der Waals surface area contributed by atoms with Crippen LogP contribution in [0.25, 0.3) is 0 Å².